The molecule has 0 spiro atoms. The minimum atomic E-state index is -4.50. The highest BCUT2D eigenvalue weighted by Gasteiger charge is 2.30. The normalized spacial score (nSPS) is 11.0. The highest BCUT2D eigenvalue weighted by Crippen LogP contribution is 2.33. The van der Waals surface area contributed by atoms with Gasteiger partial charge in [0, 0.05) is 6.54 Å². The third-order valence-electron chi connectivity index (χ3n) is 3.64. The molecular formula is C18H19ClF4N2O. The van der Waals surface area contributed by atoms with Crippen LogP contribution in [0, 0.1) is 5.82 Å². The van der Waals surface area contributed by atoms with Crippen LogP contribution in [0.3, 0.4) is 0 Å². The summed E-state index contributed by atoms with van der Waals surface area (Å²) in [6.07, 6.45) is -3.11. The maximum absolute atomic E-state index is 13.6. The van der Waals surface area contributed by atoms with E-state index in [0.29, 0.717) is 19.5 Å². The fourth-order valence-corrected chi connectivity index (χ4v) is 2.39. The Morgan fingerprint density at radius 1 is 1.08 bits per heavy atom. The average molecular weight is 391 g/mol. The molecular weight excluding hydrogens is 372 g/mol. The molecule has 2 rings (SSSR count). The summed E-state index contributed by atoms with van der Waals surface area (Å²) in [5.74, 6) is -1.17. The third kappa shape index (κ3) is 5.71. The summed E-state index contributed by atoms with van der Waals surface area (Å²) in [6, 6.07) is 8.03. The first kappa shape index (κ1) is 21.9. The number of hydrogen-bond donors (Lipinski definition) is 2. The van der Waals surface area contributed by atoms with Gasteiger partial charge in [-0.1, -0.05) is 18.2 Å². The Hall–Kier alpha value is -2.12. The van der Waals surface area contributed by atoms with Crippen LogP contribution in [0.1, 0.15) is 28.8 Å². The van der Waals surface area contributed by atoms with Crippen molar-refractivity contribution < 1.29 is 22.4 Å². The van der Waals surface area contributed by atoms with Gasteiger partial charge in [0.25, 0.3) is 5.91 Å². The van der Waals surface area contributed by atoms with Gasteiger partial charge in [0.05, 0.1) is 11.1 Å². The number of carbonyl (C=O) groups is 1. The average Bonchev–Trinajstić information content (AvgIpc) is 2.58. The van der Waals surface area contributed by atoms with Gasteiger partial charge in [0.1, 0.15) is 5.82 Å². The number of nitrogens with one attached hydrogen (secondary N) is 1. The minimum absolute atomic E-state index is 0. The van der Waals surface area contributed by atoms with E-state index in [1.807, 2.05) is 0 Å². The summed E-state index contributed by atoms with van der Waals surface area (Å²) in [4.78, 5) is 12.3. The van der Waals surface area contributed by atoms with E-state index in [-0.39, 0.29) is 29.1 Å². The predicted octanol–water partition coefficient (Wildman–Crippen LogP) is 4.40. The Labute approximate surface area is 155 Å². The van der Waals surface area contributed by atoms with Crippen LogP contribution in [-0.2, 0) is 6.18 Å². The van der Waals surface area contributed by atoms with Crippen molar-refractivity contribution >= 4 is 18.3 Å². The number of carbonyl (C=O) groups excluding carboxylic acids is 1. The van der Waals surface area contributed by atoms with Gasteiger partial charge < -0.3 is 11.1 Å². The van der Waals surface area contributed by atoms with Crippen LogP contribution in [0.15, 0.2) is 42.5 Å². The van der Waals surface area contributed by atoms with Crippen LogP contribution in [0.5, 0.6) is 0 Å². The van der Waals surface area contributed by atoms with E-state index < -0.39 is 23.5 Å². The Bertz CT molecular complexity index is 750. The molecule has 0 bridgehead atoms. The molecule has 3 nitrogen and oxygen atoms in total. The summed E-state index contributed by atoms with van der Waals surface area (Å²) in [7, 11) is 0. The van der Waals surface area contributed by atoms with E-state index in [0.717, 1.165) is 30.7 Å². The summed E-state index contributed by atoms with van der Waals surface area (Å²) < 4.78 is 52.2. The van der Waals surface area contributed by atoms with E-state index in [4.69, 9.17) is 5.73 Å². The summed E-state index contributed by atoms with van der Waals surface area (Å²) in [5.41, 5.74) is 4.97. The lowest BCUT2D eigenvalue weighted by Gasteiger charge is -2.13. The lowest BCUT2D eigenvalue weighted by atomic mass is 9.97. The molecule has 0 unspecified atom stereocenters. The highest BCUT2D eigenvalue weighted by molar-refractivity contribution is 6.00. The maximum atomic E-state index is 13.6. The van der Waals surface area contributed by atoms with Crippen LogP contribution in [0.4, 0.5) is 17.6 Å². The number of unbranched alkanes of at least 4 members (excludes halogenated alkanes) is 1. The van der Waals surface area contributed by atoms with E-state index in [9.17, 15) is 22.4 Å². The first-order valence-electron chi connectivity index (χ1n) is 7.78. The fourth-order valence-electron chi connectivity index (χ4n) is 2.39. The number of rotatable bonds is 6. The third-order valence-corrected chi connectivity index (χ3v) is 3.64. The van der Waals surface area contributed by atoms with Gasteiger partial charge in [-0.05, 0) is 54.8 Å². The smallest absolute Gasteiger partial charge is 0.352 e. The second kappa shape index (κ2) is 9.54. The first-order valence-corrected chi connectivity index (χ1v) is 7.78. The van der Waals surface area contributed by atoms with E-state index in [2.05, 4.69) is 5.32 Å². The van der Waals surface area contributed by atoms with Crippen LogP contribution in [0.2, 0.25) is 0 Å². The second-order valence-corrected chi connectivity index (χ2v) is 5.52. The number of alkyl halides is 3. The molecule has 0 fully saturated rings. The topological polar surface area (TPSA) is 55.1 Å². The van der Waals surface area contributed by atoms with Gasteiger partial charge in [-0.15, -0.1) is 12.4 Å². The lowest BCUT2D eigenvalue weighted by molar-refractivity contribution is -0.137. The Morgan fingerprint density at radius 2 is 1.81 bits per heavy atom. The van der Waals surface area contributed by atoms with Crippen molar-refractivity contribution in [1.29, 1.82) is 0 Å². The Balaban J connectivity index is 0.00000338. The Morgan fingerprint density at radius 3 is 2.46 bits per heavy atom. The second-order valence-electron chi connectivity index (χ2n) is 5.52. The SMILES string of the molecule is Cl.NCCCCNC(=O)c1cc(F)ccc1-c1cccc(C(F)(F)F)c1. The first-order chi connectivity index (χ1) is 11.8. The monoisotopic (exact) mass is 390 g/mol. The standard InChI is InChI=1S/C18H18F4N2O.ClH/c19-14-6-7-15(12-4-3-5-13(10-12)18(20,21)22)16(11-14)17(25)24-9-2-1-8-23;/h3-7,10-11H,1-2,8-9,23H2,(H,24,25);1H. The van der Waals surface area contributed by atoms with Gasteiger partial charge >= 0.3 is 6.18 Å². The van der Waals surface area contributed by atoms with Crippen LogP contribution >= 0.6 is 12.4 Å². The maximum Gasteiger partial charge on any atom is 0.416 e. The number of hydrogen-bond acceptors (Lipinski definition) is 2. The Kier molecular flexibility index (Phi) is 8.05. The molecule has 0 atom stereocenters. The van der Waals surface area contributed by atoms with Crippen LogP contribution in [-0.4, -0.2) is 19.0 Å². The molecule has 2 aromatic carbocycles. The van der Waals surface area contributed by atoms with Crippen molar-refractivity contribution in [3.63, 3.8) is 0 Å². The van der Waals surface area contributed by atoms with Crippen LogP contribution < -0.4 is 11.1 Å². The zero-order valence-corrected chi connectivity index (χ0v) is 14.6. The molecule has 0 aliphatic rings. The molecule has 142 valence electrons. The highest BCUT2D eigenvalue weighted by atomic mass is 35.5. The van der Waals surface area contributed by atoms with Gasteiger partial charge in [0.15, 0.2) is 0 Å². The zero-order chi connectivity index (χ0) is 18.4. The quantitative estimate of drug-likeness (QED) is 0.567. The molecule has 0 aliphatic heterocycles. The minimum Gasteiger partial charge on any atom is -0.352 e. The summed E-state index contributed by atoms with van der Waals surface area (Å²) in [5, 5.41) is 2.63. The molecule has 0 aromatic heterocycles. The fraction of sp³-hybridized carbons (Fsp3) is 0.278. The predicted molar refractivity (Wildman–Crippen MR) is 94.7 cm³/mol. The number of amides is 1. The molecule has 0 saturated carbocycles. The van der Waals surface area contributed by atoms with Crippen molar-refractivity contribution in [1.82, 2.24) is 5.32 Å². The van der Waals surface area contributed by atoms with Gasteiger partial charge in [-0.2, -0.15) is 13.2 Å². The molecule has 0 aliphatic carbocycles. The zero-order valence-electron chi connectivity index (χ0n) is 13.8. The molecule has 2 aromatic rings. The number of nitrogens with two attached hydrogens (primary N) is 1. The van der Waals surface area contributed by atoms with Gasteiger partial charge in [-0.25, -0.2) is 4.39 Å². The van der Waals surface area contributed by atoms with Crippen LogP contribution in [0.25, 0.3) is 11.1 Å². The van der Waals surface area contributed by atoms with Crippen molar-refractivity contribution in [2.24, 2.45) is 5.73 Å². The largest absolute Gasteiger partial charge is 0.416 e. The van der Waals surface area contributed by atoms with E-state index in [1.54, 1.807) is 0 Å². The molecule has 0 saturated heterocycles. The lowest BCUT2D eigenvalue weighted by Crippen LogP contribution is -2.25. The summed E-state index contributed by atoms with van der Waals surface area (Å²) in [6.45, 7) is 0.847. The molecule has 0 heterocycles. The molecule has 3 N–H and O–H groups in total. The van der Waals surface area contributed by atoms with Crippen molar-refractivity contribution in [2.75, 3.05) is 13.1 Å². The van der Waals surface area contributed by atoms with E-state index in [1.165, 1.54) is 18.2 Å². The van der Waals surface area contributed by atoms with Gasteiger partial charge in [-0.3, -0.25) is 4.79 Å². The molecule has 0 radical (unpaired) electrons. The molecule has 26 heavy (non-hydrogen) atoms. The molecule has 8 heteroatoms. The number of halogens is 5. The number of benzene rings is 2. The van der Waals surface area contributed by atoms with Gasteiger partial charge in [0.2, 0.25) is 0 Å². The van der Waals surface area contributed by atoms with Crippen molar-refractivity contribution in [2.45, 2.75) is 19.0 Å². The van der Waals surface area contributed by atoms with Crippen molar-refractivity contribution in [3.8, 4) is 11.1 Å². The molecule has 1 amide bonds. The summed E-state index contributed by atoms with van der Waals surface area (Å²) >= 11 is 0. The van der Waals surface area contributed by atoms with Crippen molar-refractivity contribution in [3.05, 3.63) is 59.4 Å². The van der Waals surface area contributed by atoms with E-state index >= 15 is 0 Å².